The summed E-state index contributed by atoms with van der Waals surface area (Å²) in [6.07, 6.45) is 3.33. The van der Waals surface area contributed by atoms with Gasteiger partial charge >= 0.3 is 0 Å². The van der Waals surface area contributed by atoms with E-state index in [0.717, 1.165) is 16.5 Å². The average Bonchev–Trinajstić information content (AvgIpc) is 2.96. The Morgan fingerprint density at radius 2 is 1.77 bits per heavy atom. The van der Waals surface area contributed by atoms with Crippen LogP contribution < -0.4 is 10.9 Å². The smallest absolute Gasteiger partial charge is 0.271 e. The third-order valence-corrected chi connectivity index (χ3v) is 4.73. The Bertz CT molecular complexity index is 1010. The van der Waals surface area contributed by atoms with Crippen LogP contribution in [0.25, 0.3) is 10.9 Å². The third-order valence-electron chi connectivity index (χ3n) is 3.99. The zero-order valence-corrected chi connectivity index (χ0v) is 15.3. The number of rotatable bonds is 4. The summed E-state index contributed by atoms with van der Waals surface area (Å²) in [4.78, 5) is 24.7. The molecule has 0 spiro atoms. The number of fused-ring (bicyclic) bond motifs is 1. The fourth-order valence-electron chi connectivity index (χ4n) is 2.81. The van der Waals surface area contributed by atoms with Crippen molar-refractivity contribution in [2.75, 3.05) is 6.26 Å². The molecule has 3 aromatic rings. The first-order chi connectivity index (χ1) is 12.5. The Hall–Kier alpha value is -2.93. The number of carbonyl (C=O) groups excluding carboxylic acids is 2. The highest BCUT2D eigenvalue weighted by Crippen LogP contribution is 2.19. The van der Waals surface area contributed by atoms with Crippen LogP contribution in [0, 0.1) is 0 Å². The number of amides is 2. The molecule has 7 heteroatoms. The van der Waals surface area contributed by atoms with Crippen LogP contribution in [0.1, 0.15) is 26.3 Å². The van der Waals surface area contributed by atoms with Crippen LogP contribution in [0.2, 0.25) is 0 Å². The number of hydrogen-bond acceptors (Lipinski definition) is 3. The predicted molar refractivity (Wildman–Crippen MR) is 102 cm³/mol. The molecule has 0 radical (unpaired) electrons. The summed E-state index contributed by atoms with van der Waals surface area (Å²) in [5, 5.41) is 0.814. The van der Waals surface area contributed by atoms with E-state index in [-0.39, 0.29) is 5.91 Å². The van der Waals surface area contributed by atoms with Crippen molar-refractivity contribution in [3.63, 3.8) is 0 Å². The highest BCUT2D eigenvalue weighted by atomic mass is 32.2. The average molecular weight is 369 g/mol. The summed E-state index contributed by atoms with van der Waals surface area (Å²) >= 11 is 0. The van der Waals surface area contributed by atoms with Gasteiger partial charge in [0.15, 0.2) is 0 Å². The second kappa shape index (κ2) is 7.53. The van der Waals surface area contributed by atoms with Crippen molar-refractivity contribution in [1.82, 2.24) is 15.4 Å². The highest BCUT2D eigenvalue weighted by Gasteiger charge is 2.15. The summed E-state index contributed by atoms with van der Waals surface area (Å²) < 4.78 is 13.2. The summed E-state index contributed by atoms with van der Waals surface area (Å²) in [5.41, 5.74) is 7.50. The molecule has 134 valence electrons. The van der Waals surface area contributed by atoms with E-state index in [2.05, 4.69) is 10.9 Å². The third kappa shape index (κ3) is 3.83. The number of hydrogen-bond donors (Lipinski definition) is 2. The van der Waals surface area contributed by atoms with Crippen LogP contribution in [-0.2, 0) is 23.6 Å². The van der Waals surface area contributed by atoms with Crippen molar-refractivity contribution in [3.05, 3.63) is 71.4 Å². The van der Waals surface area contributed by atoms with Crippen molar-refractivity contribution in [1.29, 1.82) is 0 Å². The van der Waals surface area contributed by atoms with Gasteiger partial charge in [-0.05, 0) is 23.8 Å². The number of nitrogens with zero attached hydrogens (tertiary/aromatic N) is 1. The minimum absolute atomic E-state index is 0.378. The molecule has 0 unspecified atom stereocenters. The molecule has 2 N–H and O–H groups in total. The Morgan fingerprint density at radius 1 is 1.04 bits per heavy atom. The van der Waals surface area contributed by atoms with E-state index in [0.29, 0.717) is 16.9 Å². The molecule has 0 saturated carbocycles. The van der Waals surface area contributed by atoms with Crippen LogP contribution in [0.5, 0.6) is 0 Å². The normalized spacial score (nSPS) is 11.9. The summed E-state index contributed by atoms with van der Waals surface area (Å²) in [7, 11) is 0.873. The van der Waals surface area contributed by atoms with Gasteiger partial charge in [-0.2, -0.15) is 0 Å². The number of benzene rings is 2. The van der Waals surface area contributed by atoms with E-state index in [1.165, 1.54) is 0 Å². The first-order valence-electron chi connectivity index (χ1n) is 7.99. The van der Waals surface area contributed by atoms with E-state index in [9.17, 15) is 13.8 Å². The fraction of sp³-hybridized carbons (Fsp3) is 0.158. The van der Waals surface area contributed by atoms with Crippen LogP contribution in [0.15, 0.2) is 54.7 Å². The van der Waals surface area contributed by atoms with E-state index in [1.54, 1.807) is 30.7 Å². The molecular weight excluding hydrogens is 350 g/mol. The summed E-state index contributed by atoms with van der Waals surface area (Å²) in [5.74, 6) is -0.438. The lowest BCUT2D eigenvalue weighted by Gasteiger charge is -2.08. The van der Waals surface area contributed by atoms with Crippen LogP contribution in [-0.4, -0.2) is 26.8 Å². The standard InChI is InChI=1S/C19H19N3O3S/c1-22-11-16(15-8-3-4-9-17(15)22)19(24)21-20-18(23)14-7-5-6-13(10-14)12-26(2)25/h3-11H,12H2,1-2H3,(H,20,23)(H,21,24)/t26-/m1/s1. The van der Waals surface area contributed by atoms with Crippen molar-refractivity contribution >= 4 is 33.5 Å². The Kier molecular flexibility index (Phi) is 5.18. The van der Waals surface area contributed by atoms with Gasteiger partial charge in [0.1, 0.15) is 0 Å². The van der Waals surface area contributed by atoms with Crippen molar-refractivity contribution in [3.8, 4) is 0 Å². The molecule has 0 fully saturated rings. The molecular formula is C19H19N3O3S. The molecule has 6 nitrogen and oxygen atoms in total. The quantitative estimate of drug-likeness (QED) is 0.692. The molecule has 3 rings (SSSR count). The zero-order chi connectivity index (χ0) is 18.7. The van der Waals surface area contributed by atoms with Crippen LogP contribution >= 0.6 is 0 Å². The van der Waals surface area contributed by atoms with Crippen molar-refractivity contribution < 1.29 is 13.8 Å². The second-order valence-electron chi connectivity index (χ2n) is 6.00. The molecule has 0 saturated heterocycles. The number of carbonyl (C=O) groups is 2. The lowest BCUT2D eigenvalue weighted by molar-refractivity contribution is 0.0847. The Labute approximate surface area is 153 Å². The van der Waals surface area contributed by atoms with Crippen molar-refractivity contribution in [2.45, 2.75) is 5.75 Å². The van der Waals surface area contributed by atoms with Gasteiger partial charge in [-0.15, -0.1) is 0 Å². The van der Waals surface area contributed by atoms with Gasteiger partial charge < -0.3 is 4.57 Å². The maximum atomic E-state index is 12.4. The summed E-state index contributed by atoms with van der Waals surface area (Å²) in [6, 6.07) is 14.4. The minimum atomic E-state index is -0.989. The lowest BCUT2D eigenvalue weighted by Crippen LogP contribution is -2.41. The monoisotopic (exact) mass is 369 g/mol. The fourth-order valence-corrected chi connectivity index (χ4v) is 3.46. The molecule has 2 amide bonds. The second-order valence-corrected chi connectivity index (χ2v) is 7.43. The van der Waals surface area contributed by atoms with Gasteiger partial charge in [-0.1, -0.05) is 30.3 Å². The van der Waals surface area contributed by atoms with Gasteiger partial charge in [0, 0.05) is 52.5 Å². The SMILES string of the molecule is Cn1cc(C(=O)NNC(=O)c2cccc(C[S@@](C)=O)c2)c2ccccc21. The van der Waals surface area contributed by atoms with Gasteiger partial charge in [0.2, 0.25) is 0 Å². The molecule has 1 heterocycles. The molecule has 1 aromatic heterocycles. The van der Waals surface area contributed by atoms with Crippen LogP contribution in [0.3, 0.4) is 0 Å². The van der Waals surface area contributed by atoms with E-state index < -0.39 is 16.7 Å². The van der Waals surface area contributed by atoms with E-state index in [1.807, 2.05) is 41.9 Å². The van der Waals surface area contributed by atoms with Gasteiger partial charge in [-0.3, -0.25) is 24.6 Å². The lowest BCUT2D eigenvalue weighted by atomic mass is 10.1. The molecule has 0 aliphatic carbocycles. The zero-order valence-electron chi connectivity index (χ0n) is 14.5. The largest absolute Gasteiger partial charge is 0.350 e. The topological polar surface area (TPSA) is 80.2 Å². The number of nitrogens with one attached hydrogen (secondary N) is 2. The van der Waals surface area contributed by atoms with Crippen molar-refractivity contribution in [2.24, 2.45) is 7.05 Å². The van der Waals surface area contributed by atoms with Gasteiger partial charge in [0.05, 0.1) is 5.56 Å². The molecule has 1 atom stereocenters. The van der Waals surface area contributed by atoms with Crippen LogP contribution in [0.4, 0.5) is 0 Å². The molecule has 0 bridgehead atoms. The number of para-hydroxylation sites is 1. The minimum Gasteiger partial charge on any atom is -0.350 e. The molecule has 2 aromatic carbocycles. The summed E-state index contributed by atoms with van der Waals surface area (Å²) in [6.45, 7) is 0. The van der Waals surface area contributed by atoms with E-state index >= 15 is 0 Å². The Morgan fingerprint density at radius 3 is 2.54 bits per heavy atom. The highest BCUT2D eigenvalue weighted by molar-refractivity contribution is 7.83. The first kappa shape index (κ1) is 17.9. The predicted octanol–water partition coefficient (Wildman–Crippen LogP) is 2.13. The Balaban J connectivity index is 1.71. The molecule has 0 aliphatic rings. The van der Waals surface area contributed by atoms with Gasteiger partial charge in [-0.25, -0.2) is 0 Å². The molecule has 0 aliphatic heterocycles. The van der Waals surface area contributed by atoms with Gasteiger partial charge in [0.25, 0.3) is 11.8 Å². The number of hydrazine groups is 1. The molecule has 26 heavy (non-hydrogen) atoms. The number of aryl methyl sites for hydroxylation is 1. The number of aromatic nitrogens is 1. The first-order valence-corrected chi connectivity index (χ1v) is 9.72. The maximum Gasteiger partial charge on any atom is 0.271 e. The van der Waals surface area contributed by atoms with E-state index in [4.69, 9.17) is 0 Å². The maximum absolute atomic E-state index is 12.4.